The van der Waals surface area contributed by atoms with Crippen molar-refractivity contribution in [3.05, 3.63) is 24.4 Å². The van der Waals surface area contributed by atoms with Gasteiger partial charge in [-0.15, -0.1) is 0 Å². The third kappa shape index (κ3) is 4.58. The topological polar surface area (TPSA) is 109 Å². The minimum absolute atomic E-state index is 0.0132. The number of sulfonamides is 1. The number of aliphatic hydroxyl groups excluding tert-OH is 1. The van der Waals surface area contributed by atoms with Crippen LogP contribution < -0.4 is 9.46 Å². The van der Waals surface area contributed by atoms with Crippen LogP contribution in [-0.4, -0.2) is 66.7 Å². The number of halogens is 3. The molecule has 0 spiro atoms. The number of pyridine rings is 1. The van der Waals surface area contributed by atoms with E-state index in [4.69, 9.17) is 4.74 Å². The quantitative estimate of drug-likeness (QED) is 0.708. The molecule has 0 bridgehead atoms. The molecule has 1 fully saturated rings. The normalized spacial score (nSPS) is 21.4. The lowest BCUT2D eigenvalue weighted by atomic mass is 10.1. The summed E-state index contributed by atoms with van der Waals surface area (Å²) in [4.78, 5) is 17.1. The molecule has 2 unspecified atom stereocenters. The van der Waals surface area contributed by atoms with E-state index in [9.17, 15) is 31.5 Å². The molecule has 0 aromatic carbocycles. The Balaban J connectivity index is 2.00. The van der Waals surface area contributed by atoms with Crippen molar-refractivity contribution in [3.8, 4) is 5.88 Å². The summed E-state index contributed by atoms with van der Waals surface area (Å²) in [5.74, 6) is -0.414. The van der Waals surface area contributed by atoms with Crippen LogP contribution in [0.4, 0.5) is 13.2 Å². The summed E-state index contributed by atoms with van der Waals surface area (Å²) >= 11 is 0. The largest absolute Gasteiger partial charge is 0.511 e. The fourth-order valence-corrected chi connectivity index (χ4v) is 3.25. The fraction of sp³-hybridized carbons (Fsp3) is 0.538. The second-order valence-electron chi connectivity index (χ2n) is 5.26. The van der Waals surface area contributed by atoms with E-state index in [1.807, 2.05) is 0 Å². The van der Waals surface area contributed by atoms with E-state index in [0.29, 0.717) is 0 Å². The van der Waals surface area contributed by atoms with E-state index in [-0.39, 0.29) is 18.8 Å². The molecule has 1 aliphatic heterocycles. The maximum absolute atomic E-state index is 12.5. The molecular formula is C13H16F3N3O5S. The third-order valence-corrected chi connectivity index (χ3v) is 4.87. The molecule has 1 saturated heterocycles. The van der Waals surface area contributed by atoms with Crippen LogP contribution in [0, 0.1) is 0 Å². The van der Waals surface area contributed by atoms with Gasteiger partial charge in [0.05, 0.1) is 12.6 Å². The SMILES string of the molecule is O=C(COc1ccccn1)N1CCC(NS(=O)(=O)C(F)(F)F)C1CO. The summed E-state index contributed by atoms with van der Waals surface area (Å²) in [7, 11) is -5.57. The number of ether oxygens (including phenoxy) is 1. The van der Waals surface area contributed by atoms with E-state index in [2.05, 4.69) is 4.98 Å². The van der Waals surface area contributed by atoms with Crippen molar-refractivity contribution in [1.29, 1.82) is 0 Å². The average Bonchev–Trinajstić information content (AvgIpc) is 2.94. The van der Waals surface area contributed by atoms with E-state index in [1.54, 1.807) is 12.1 Å². The maximum Gasteiger partial charge on any atom is 0.511 e. The molecule has 2 heterocycles. The molecular weight excluding hydrogens is 367 g/mol. The van der Waals surface area contributed by atoms with Crippen molar-refractivity contribution >= 4 is 15.9 Å². The van der Waals surface area contributed by atoms with E-state index < -0.39 is 46.7 Å². The molecule has 1 aromatic rings. The highest BCUT2D eigenvalue weighted by Crippen LogP contribution is 2.25. The molecule has 1 aliphatic rings. The van der Waals surface area contributed by atoms with Crippen LogP contribution in [0.15, 0.2) is 24.4 Å². The number of hydrogen-bond acceptors (Lipinski definition) is 6. The van der Waals surface area contributed by atoms with Crippen molar-refractivity contribution < 1.29 is 36.2 Å². The van der Waals surface area contributed by atoms with Crippen molar-refractivity contribution in [1.82, 2.24) is 14.6 Å². The lowest BCUT2D eigenvalue weighted by Crippen LogP contribution is -2.51. The molecule has 2 atom stereocenters. The first-order valence-electron chi connectivity index (χ1n) is 7.18. The van der Waals surface area contributed by atoms with Gasteiger partial charge in [0.25, 0.3) is 5.91 Å². The van der Waals surface area contributed by atoms with Crippen molar-refractivity contribution in [2.45, 2.75) is 24.0 Å². The summed E-state index contributed by atoms with van der Waals surface area (Å²) in [6, 6.07) is 2.45. The van der Waals surface area contributed by atoms with E-state index >= 15 is 0 Å². The van der Waals surface area contributed by atoms with Gasteiger partial charge in [0.1, 0.15) is 0 Å². The highest BCUT2D eigenvalue weighted by Gasteiger charge is 2.49. The van der Waals surface area contributed by atoms with Gasteiger partial charge >= 0.3 is 15.5 Å². The summed E-state index contributed by atoms with van der Waals surface area (Å²) in [5, 5.41) is 9.38. The van der Waals surface area contributed by atoms with Gasteiger partial charge in [-0.3, -0.25) is 4.79 Å². The first kappa shape index (κ1) is 19.4. The Labute approximate surface area is 141 Å². The second kappa shape index (κ2) is 7.54. The number of alkyl halides is 3. The molecule has 0 saturated carbocycles. The van der Waals surface area contributed by atoms with Crippen LogP contribution >= 0.6 is 0 Å². The summed E-state index contributed by atoms with van der Waals surface area (Å²) in [6.45, 7) is -1.15. The fourth-order valence-electron chi connectivity index (χ4n) is 2.44. The Kier molecular flexibility index (Phi) is 5.85. The molecule has 2 rings (SSSR count). The van der Waals surface area contributed by atoms with Gasteiger partial charge in [0.2, 0.25) is 5.88 Å². The van der Waals surface area contributed by atoms with Crippen LogP contribution in [0.3, 0.4) is 0 Å². The van der Waals surface area contributed by atoms with Crippen LogP contribution in [0.25, 0.3) is 0 Å². The number of hydrogen-bond donors (Lipinski definition) is 2. The molecule has 1 amide bonds. The first-order valence-corrected chi connectivity index (χ1v) is 8.67. The van der Waals surface area contributed by atoms with Gasteiger partial charge in [-0.2, -0.15) is 13.2 Å². The lowest BCUT2D eigenvalue weighted by Gasteiger charge is -2.27. The Morgan fingerprint density at radius 2 is 2.16 bits per heavy atom. The van der Waals surface area contributed by atoms with Crippen molar-refractivity contribution in [3.63, 3.8) is 0 Å². The average molecular weight is 383 g/mol. The number of carbonyl (C=O) groups excluding carboxylic acids is 1. The number of nitrogens with zero attached hydrogens (tertiary/aromatic N) is 2. The van der Waals surface area contributed by atoms with Crippen LogP contribution in [-0.2, 0) is 14.8 Å². The van der Waals surface area contributed by atoms with E-state index in [1.165, 1.54) is 17.0 Å². The minimum atomic E-state index is -5.57. The molecule has 0 aliphatic carbocycles. The Bertz CT molecular complexity index is 699. The second-order valence-corrected chi connectivity index (χ2v) is 6.96. The number of carbonyl (C=O) groups is 1. The molecule has 8 nitrogen and oxygen atoms in total. The number of rotatable bonds is 6. The highest BCUT2D eigenvalue weighted by molar-refractivity contribution is 7.90. The van der Waals surface area contributed by atoms with Gasteiger partial charge in [-0.25, -0.2) is 18.1 Å². The Hall–Kier alpha value is -1.92. The Morgan fingerprint density at radius 1 is 1.44 bits per heavy atom. The maximum atomic E-state index is 12.5. The zero-order valence-corrected chi connectivity index (χ0v) is 13.6. The van der Waals surface area contributed by atoms with Gasteiger partial charge in [-0.1, -0.05) is 6.07 Å². The number of nitrogens with one attached hydrogen (secondary N) is 1. The zero-order valence-electron chi connectivity index (χ0n) is 12.8. The molecule has 25 heavy (non-hydrogen) atoms. The summed E-state index contributed by atoms with van der Waals surface area (Å²) in [6.07, 6.45) is 1.39. The monoisotopic (exact) mass is 383 g/mol. The summed E-state index contributed by atoms with van der Waals surface area (Å²) < 4.78 is 66.4. The van der Waals surface area contributed by atoms with Gasteiger partial charge in [0.15, 0.2) is 6.61 Å². The number of aromatic nitrogens is 1. The molecule has 12 heteroatoms. The zero-order chi connectivity index (χ0) is 18.7. The smallest absolute Gasteiger partial charge is 0.468 e. The van der Waals surface area contributed by atoms with Crippen molar-refractivity contribution in [2.24, 2.45) is 0 Å². The lowest BCUT2D eigenvalue weighted by molar-refractivity contribution is -0.135. The summed E-state index contributed by atoms with van der Waals surface area (Å²) in [5.41, 5.74) is -5.47. The van der Waals surface area contributed by atoms with Gasteiger partial charge in [0, 0.05) is 24.8 Å². The predicted octanol–water partition coefficient (Wildman–Crippen LogP) is -0.139. The molecule has 0 radical (unpaired) electrons. The van der Waals surface area contributed by atoms with Crippen molar-refractivity contribution in [2.75, 3.05) is 19.8 Å². The minimum Gasteiger partial charge on any atom is -0.468 e. The predicted molar refractivity (Wildman–Crippen MR) is 78.8 cm³/mol. The Morgan fingerprint density at radius 3 is 2.72 bits per heavy atom. The standard InChI is InChI=1S/C13H16F3N3O5S/c14-13(15,16)25(22,23)18-9-4-6-19(10(9)7-20)12(21)8-24-11-3-1-2-5-17-11/h1-3,5,9-10,18,20H,4,6-8H2. The number of amides is 1. The van der Waals surface area contributed by atoms with E-state index in [0.717, 1.165) is 4.90 Å². The van der Waals surface area contributed by atoms with Crippen LogP contribution in [0.2, 0.25) is 0 Å². The first-order chi connectivity index (χ1) is 11.7. The van der Waals surface area contributed by atoms with Gasteiger partial charge < -0.3 is 14.7 Å². The number of aliphatic hydroxyl groups is 1. The number of likely N-dealkylation sites (tertiary alicyclic amines) is 1. The van der Waals surface area contributed by atoms with Crippen LogP contribution in [0.1, 0.15) is 6.42 Å². The van der Waals surface area contributed by atoms with Gasteiger partial charge in [-0.05, 0) is 12.5 Å². The third-order valence-electron chi connectivity index (χ3n) is 3.65. The highest BCUT2D eigenvalue weighted by atomic mass is 32.2. The van der Waals surface area contributed by atoms with Crippen LogP contribution in [0.5, 0.6) is 5.88 Å². The molecule has 140 valence electrons. The molecule has 2 N–H and O–H groups in total. The molecule has 1 aromatic heterocycles.